The van der Waals surface area contributed by atoms with E-state index in [0.717, 1.165) is 10.5 Å². The van der Waals surface area contributed by atoms with E-state index in [1.807, 2.05) is 60.7 Å². The van der Waals surface area contributed by atoms with Crippen molar-refractivity contribution in [3.05, 3.63) is 90.5 Å². The van der Waals surface area contributed by atoms with Crippen molar-refractivity contribution in [3.8, 4) is 11.5 Å². The fourth-order valence-electron chi connectivity index (χ4n) is 3.67. The average Bonchev–Trinajstić information content (AvgIpc) is 3.03. The van der Waals surface area contributed by atoms with Crippen LogP contribution in [0.4, 0.5) is 10.5 Å². The molecule has 1 fully saturated rings. The average molecular weight is 444 g/mol. The number of ether oxygens (including phenoxy) is 1. The maximum Gasteiger partial charge on any atom is 0.325 e. The van der Waals surface area contributed by atoms with Crippen LogP contribution in [0.3, 0.4) is 0 Å². The Balaban J connectivity index is 1.32. The number of rotatable bonds is 8. The zero-order chi connectivity index (χ0) is 23.3. The first-order chi connectivity index (χ1) is 15.9. The lowest BCUT2D eigenvalue weighted by atomic mass is 9.93. The number of hydrogen-bond acceptors (Lipinski definition) is 4. The molecule has 3 aromatic carbocycles. The van der Waals surface area contributed by atoms with E-state index in [0.29, 0.717) is 30.0 Å². The lowest BCUT2D eigenvalue weighted by molar-refractivity contribution is -0.133. The molecule has 7 heteroatoms. The van der Waals surface area contributed by atoms with Gasteiger partial charge in [-0.2, -0.15) is 0 Å². The van der Waals surface area contributed by atoms with Gasteiger partial charge in [0.05, 0.1) is 0 Å². The van der Waals surface area contributed by atoms with Crippen LogP contribution in [0.2, 0.25) is 0 Å². The highest BCUT2D eigenvalue weighted by atomic mass is 16.5. The summed E-state index contributed by atoms with van der Waals surface area (Å²) in [6.45, 7) is 1.34. The van der Waals surface area contributed by atoms with Gasteiger partial charge in [0.2, 0.25) is 5.91 Å². The van der Waals surface area contributed by atoms with Gasteiger partial charge in [-0.3, -0.25) is 14.5 Å². The van der Waals surface area contributed by atoms with E-state index in [1.54, 1.807) is 31.2 Å². The number of nitrogens with zero attached hydrogens (tertiary/aromatic N) is 1. The summed E-state index contributed by atoms with van der Waals surface area (Å²) in [5.74, 6) is 0.485. The zero-order valence-electron chi connectivity index (χ0n) is 18.3. The summed E-state index contributed by atoms with van der Waals surface area (Å²) in [6, 6.07) is 25.4. The Morgan fingerprint density at radius 1 is 0.909 bits per heavy atom. The van der Waals surface area contributed by atoms with Crippen LogP contribution < -0.4 is 15.4 Å². The van der Waals surface area contributed by atoms with Gasteiger partial charge in [0.1, 0.15) is 23.6 Å². The Bertz CT molecular complexity index is 1130. The standard InChI is InChI=1S/C26H25N3O4/c1-26(17-16-19-8-4-2-5-9-19)24(31)29(25(32)28-26)18-23(30)27-20-12-14-22(15-13-20)33-21-10-6-3-7-11-21/h2-15H,16-18H2,1H3,(H,27,30)(H,28,32). The Labute approximate surface area is 192 Å². The molecule has 7 nitrogen and oxygen atoms in total. The molecule has 0 bridgehead atoms. The number of carbonyl (C=O) groups excluding carboxylic acids is 3. The number of amides is 4. The molecule has 4 amide bonds. The van der Waals surface area contributed by atoms with Crippen molar-refractivity contribution in [3.63, 3.8) is 0 Å². The Kier molecular flexibility index (Phi) is 6.40. The third-order valence-corrected chi connectivity index (χ3v) is 5.52. The number of para-hydroxylation sites is 1. The predicted molar refractivity (Wildman–Crippen MR) is 125 cm³/mol. The van der Waals surface area contributed by atoms with Gasteiger partial charge in [0.25, 0.3) is 5.91 Å². The fourth-order valence-corrected chi connectivity index (χ4v) is 3.67. The molecule has 4 rings (SSSR count). The molecule has 168 valence electrons. The first-order valence-electron chi connectivity index (χ1n) is 10.7. The number of carbonyl (C=O) groups is 3. The topological polar surface area (TPSA) is 87.7 Å². The van der Waals surface area contributed by atoms with Gasteiger partial charge in [-0.05, 0) is 61.7 Å². The van der Waals surface area contributed by atoms with Gasteiger partial charge in [-0.25, -0.2) is 4.79 Å². The molecule has 0 spiro atoms. The molecule has 1 aliphatic rings. The summed E-state index contributed by atoms with van der Waals surface area (Å²) >= 11 is 0. The van der Waals surface area contributed by atoms with Crippen LogP contribution in [0.25, 0.3) is 0 Å². The second-order valence-electron chi connectivity index (χ2n) is 8.13. The normalized spacial score (nSPS) is 17.5. The van der Waals surface area contributed by atoms with Crippen LogP contribution in [0, 0.1) is 0 Å². The van der Waals surface area contributed by atoms with Gasteiger partial charge < -0.3 is 15.4 Å². The van der Waals surface area contributed by atoms with Crippen LogP contribution in [-0.4, -0.2) is 34.8 Å². The SMILES string of the molecule is CC1(CCc2ccccc2)NC(=O)N(CC(=O)Nc2ccc(Oc3ccccc3)cc2)C1=O. The molecule has 3 aromatic rings. The molecule has 1 aliphatic heterocycles. The van der Waals surface area contributed by atoms with Crippen molar-refractivity contribution in [2.24, 2.45) is 0 Å². The van der Waals surface area contributed by atoms with E-state index >= 15 is 0 Å². The van der Waals surface area contributed by atoms with Crippen molar-refractivity contribution in [1.29, 1.82) is 0 Å². The molecular formula is C26H25N3O4. The highest BCUT2D eigenvalue weighted by Crippen LogP contribution is 2.24. The third-order valence-electron chi connectivity index (χ3n) is 5.52. The third kappa shape index (κ3) is 5.38. The molecule has 0 radical (unpaired) electrons. The number of benzene rings is 3. The minimum Gasteiger partial charge on any atom is -0.457 e. The summed E-state index contributed by atoms with van der Waals surface area (Å²) in [4.78, 5) is 38.8. The lowest BCUT2D eigenvalue weighted by Crippen LogP contribution is -2.45. The first kappa shape index (κ1) is 22.1. The van der Waals surface area contributed by atoms with E-state index in [4.69, 9.17) is 4.74 Å². The Morgan fingerprint density at radius 2 is 1.52 bits per heavy atom. The zero-order valence-corrected chi connectivity index (χ0v) is 18.3. The number of nitrogens with one attached hydrogen (secondary N) is 2. The smallest absolute Gasteiger partial charge is 0.325 e. The minimum atomic E-state index is -1.04. The number of aryl methyl sites for hydroxylation is 1. The molecule has 1 heterocycles. The van der Waals surface area contributed by atoms with E-state index in [2.05, 4.69) is 10.6 Å². The van der Waals surface area contributed by atoms with Gasteiger partial charge in [0, 0.05) is 5.69 Å². The van der Waals surface area contributed by atoms with Crippen molar-refractivity contribution >= 4 is 23.5 Å². The first-order valence-corrected chi connectivity index (χ1v) is 10.7. The molecule has 1 unspecified atom stereocenters. The number of hydrogen-bond donors (Lipinski definition) is 2. The van der Waals surface area contributed by atoms with E-state index in [-0.39, 0.29) is 6.54 Å². The van der Waals surface area contributed by atoms with Gasteiger partial charge in [0.15, 0.2) is 0 Å². The molecule has 1 atom stereocenters. The summed E-state index contributed by atoms with van der Waals surface area (Å²) in [7, 11) is 0. The summed E-state index contributed by atoms with van der Waals surface area (Å²) in [5, 5.41) is 5.46. The Hall–Kier alpha value is -4.13. The fraction of sp³-hybridized carbons (Fsp3) is 0.192. The van der Waals surface area contributed by atoms with E-state index in [1.165, 1.54) is 0 Å². The second-order valence-corrected chi connectivity index (χ2v) is 8.13. The van der Waals surface area contributed by atoms with Gasteiger partial charge in [-0.1, -0.05) is 48.5 Å². The number of urea groups is 1. The highest BCUT2D eigenvalue weighted by molar-refractivity contribution is 6.09. The van der Waals surface area contributed by atoms with Gasteiger partial charge >= 0.3 is 6.03 Å². The molecule has 2 N–H and O–H groups in total. The maximum atomic E-state index is 12.9. The molecular weight excluding hydrogens is 418 g/mol. The van der Waals surface area contributed by atoms with Crippen LogP contribution in [-0.2, 0) is 16.0 Å². The second kappa shape index (κ2) is 9.56. The van der Waals surface area contributed by atoms with Crippen molar-refractivity contribution in [2.45, 2.75) is 25.3 Å². The van der Waals surface area contributed by atoms with Gasteiger partial charge in [-0.15, -0.1) is 0 Å². The van der Waals surface area contributed by atoms with Crippen LogP contribution in [0.15, 0.2) is 84.9 Å². The number of imide groups is 1. The number of anilines is 1. The molecule has 0 aromatic heterocycles. The summed E-state index contributed by atoms with van der Waals surface area (Å²) in [5.41, 5.74) is 0.583. The lowest BCUT2D eigenvalue weighted by Gasteiger charge is -2.21. The predicted octanol–water partition coefficient (Wildman–Crippen LogP) is 4.36. The Morgan fingerprint density at radius 3 is 2.18 bits per heavy atom. The van der Waals surface area contributed by atoms with Crippen molar-refractivity contribution < 1.29 is 19.1 Å². The van der Waals surface area contributed by atoms with Crippen LogP contribution in [0.5, 0.6) is 11.5 Å². The minimum absolute atomic E-state index is 0.353. The highest BCUT2D eigenvalue weighted by Gasteiger charge is 2.47. The molecule has 0 saturated carbocycles. The molecule has 1 saturated heterocycles. The van der Waals surface area contributed by atoms with Crippen LogP contribution >= 0.6 is 0 Å². The quantitative estimate of drug-likeness (QED) is 0.507. The maximum absolute atomic E-state index is 12.9. The monoisotopic (exact) mass is 443 g/mol. The summed E-state index contributed by atoms with van der Waals surface area (Å²) < 4.78 is 5.73. The van der Waals surface area contributed by atoms with E-state index < -0.39 is 23.4 Å². The largest absolute Gasteiger partial charge is 0.457 e. The van der Waals surface area contributed by atoms with Crippen LogP contribution in [0.1, 0.15) is 18.9 Å². The summed E-state index contributed by atoms with van der Waals surface area (Å²) in [6.07, 6.45) is 1.09. The van der Waals surface area contributed by atoms with E-state index in [9.17, 15) is 14.4 Å². The molecule has 0 aliphatic carbocycles. The van der Waals surface area contributed by atoms with Crippen molar-refractivity contribution in [1.82, 2.24) is 10.2 Å². The molecule has 33 heavy (non-hydrogen) atoms. The van der Waals surface area contributed by atoms with Crippen molar-refractivity contribution in [2.75, 3.05) is 11.9 Å².